The number of nitrogens with one attached hydrogen (secondary N) is 2. The Balaban J connectivity index is 1.63. The highest BCUT2D eigenvalue weighted by Crippen LogP contribution is 2.40. The van der Waals surface area contributed by atoms with Gasteiger partial charge in [-0.1, -0.05) is 24.3 Å². The van der Waals surface area contributed by atoms with Crippen molar-refractivity contribution in [2.45, 2.75) is 45.6 Å². The van der Waals surface area contributed by atoms with Gasteiger partial charge in [0.25, 0.3) is 0 Å². The predicted molar refractivity (Wildman–Crippen MR) is 78.6 cm³/mol. The summed E-state index contributed by atoms with van der Waals surface area (Å²) < 4.78 is 0. The molecule has 1 aliphatic carbocycles. The number of aryl methyl sites for hydroxylation is 3. The molecule has 2 aromatic rings. The van der Waals surface area contributed by atoms with Crippen molar-refractivity contribution in [2.75, 3.05) is 5.32 Å². The monoisotopic (exact) mass is 255 g/mol. The van der Waals surface area contributed by atoms with E-state index in [1.54, 1.807) is 0 Å². The van der Waals surface area contributed by atoms with E-state index in [-0.39, 0.29) is 0 Å². The summed E-state index contributed by atoms with van der Waals surface area (Å²) in [5, 5.41) is 10.9. The number of aromatic nitrogens is 2. The quantitative estimate of drug-likeness (QED) is 0.878. The zero-order valence-electron chi connectivity index (χ0n) is 11.8. The lowest BCUT2D eigenvalue weighted by Gasteiger charge is -2.37. The molecular formula is C16H21N3. The van der Waals surface area contributed by atoms with Crippen molar-refractivity contribution < 1.29 is 0 Å². The summed E-state index contributed by atoms with van der Waals surface area (Å²) in [6.45, 7) is 6.32. The van der Waals surface area contributed by atoms with Gasteiger partial charge in [0.1, 0.15) is 0 Å². The van der Waals surface area contributed by atoms with Crippen LogP contribution >= 0.6 is 0 Å². The van der Waals surface area contributed by atoms with Crippen LogP contribution in [0.5, 0.6) is 0 Å². The Hall–Kier alpha value is -1.77. The number of anilines is 1. The SMILES string of the molecule is Cc1ccccc1C1CC(Nc2c(C)n[nH]c2C)C1. The fraction of sp³-hybridized carbons (Fsp3) is 0.438. The third-order valence-electron chi connectivity index (χ3n) is 4.24. The molecule has 0 saturated heterocycles. The zero-order valence-corrected chi connectivity index (χ0v) is 11.8. The molecule has 1 fully saturated rings. The molecule has 19 heavy (non-hydrogen) atoms. The number of nitrogens with zero attached hydrogens (tertiary/aromatic N) is 1. The second kappa shape index (κ2) is 4.72. The fourth-order valence-electron chi connectivity index (χ4n) is 3.00. The van der Waals surface area contributed by atoms with Crippen LogP contribution in [0.25, 0.3) is 0 Å². The molecule has 100 valence electrons. The highest BCUT2D eigenvalue weighted by Gasteiger charge is 2.31. The molecule has 3 heteroatoms. The van der Waals surface area contributed by atoms with Crippen molar-refractivity contribution in [3.8, 4) is 0 Å². The van der Waals surface area contributed by atoms with E-state index in [1.165, 1.54) is 29.7 Å². The first-order valence-electron chi connectivity index (χ1n) is 6.98. The summed E-state index contributed by atoms with van der Waals surface area (Å²) in [5.74, 6) is 0.714. The summed E-state index contributed by atoms with van der Waals surface area (Å²) in [7, 11) is 0. The number of H-pyrrole nitrogens is 1. The minimum absolute atomic E-state index is 0.583. The number of benzene rings is 1. The lowest BCUT2D eigenvalue weighted by Crippen LogP contribution is -2.34. The van der Waals surface area contributed by atoms with Gasteiger partial charge in [0.15, 0.2) is 0 Å². The first-order valence-corrected chi connectivity index (χ1v) is 6.98. The lowest BCUT2D eigenvalue weighted by molar-refractivity contribution is 0.373. The number of hydrogen-bond donors (Lipinski definition) is 2. The molecule has 0 atom stereocenters. The van der Waals surface area contributed by atoms with Crippen LogP contribution in [0.15, 0.2) is 24.3 Å². The van der Waals surface area contributed by atoms with E-state index in [0.717, 1.165) is 11.4 Å². The third kappa shape index (κ3) is 2.25. The van der Waals surface area contributed by atoms with E-state index in [4.69, 9.17) is 0 Å². The molecule has 0 radical (unpaired) electrons. The van der Waals surface area contributed by atoms with Crippen molar-refractivity contribution in [1.29, 1.82) is 0 Å². The first-order chi connectivity index (χ1) is 9.15. The summed E-state index contributed by atoms with van der Waals surface area (Å²) in [5.41, 5.74) is 6.32. The maximum Gasteiger partial charge on any atom is 0.0825 e. The molecule has 3 rings (SSSR count). The molecule has 2 N–H and O–H groups in total. The van der Waals surface area contributed by atoms with Gasteiger partial charge < -0.3 is 5.32 Å². The maximum atomic E-state index is 4.23. The smallest absolute Gasteiger partial charge is 0.0825 e. The van der Waals surface area contributed by atoms with Crippen molar-refractivity contribution in [3.63, 3.8) is 0 Å². The minimum Gasteiger partial charge on any atom is -0.379 e. The molecule has 0 unspecified atom stereocenters. The Bertz CT molecular complexity index is 560. The molecule has 3 nitrogen and oxygen atoms in total. The average molecular weight is 255 g/mol. The Morgan fingerprint density at radius 1 is 1.16 bits per heavy atom. The molecule has 1 aromatic heterocycles. The molecule has 1 aliphatic rings. The van der Waals surface area contributed by atoms with Gasteiger partial charge in [-0.05, 0) is 50.7 Å². The van der Waals surface area contributed by atoms with Gasteiger partial charge in [0.05, 0.1) is 17.1 Å². The molecule has 1 aromatic carbocycles. The number of rotatable bonds is 3. The van der Waals surface area contributed by atoms with Crippen LogP contribution in [-0.4, -0.2) is 16.2 Å². The van der Waals surface area contributed by atoms with Crippen LogP contribution in [0, 0.1) is 20.8 Å². The van der Waals surface area contributed by atoms with E-state index < -0.39 is 0 Å². The van der Waals surface area contributed by atoms with Crippen molar-refractivity contribution in [3.05, 3.63) is 46.8 Å². The number of aromatic amines is 1. The average Bonchev–Trinajstić information content (AvgIpc) is 2.65. The largest absolute Gasteiger partial charge is 0.379 e. The maximum absolute atomic E-state index is 4.23. The summed E-state index contributed by atoms with van der Waals surface area (Å²) >= 11 is 0. The van der Waals surface area contributed by atoms with Crippen LogP contribution in [-0.2, 0) is 0 Å². The van der Waals surface area contributed by atoms with Gasteiger partial charge in [0, 0.05) is 6.04 Å². The molecule has 0 bridgehead atoms. The van der Waals surface area contributed by atoms with Gasteiger partial charge >= 0.3 is 0 Å². The molecule has 0 aliphatic heterocycles. The van der Waals surface area contributed by atoms with E-state index in [1.807, 2.05) is 6.92 Å². The topological polar surface area (TPSA) is 40.7 Å². The summed E-state index contributed by atoms with van der Waals surface area (Å²) in [6.07, 6.45) is 2.43. The van der Waals surface area contributed by atoms with Crippen LogP contribution in [0.1, 0.15) is 41.3 Å². The first kappa shape index (κ1) is 12.3. The standard InChI is InChI=1S/C16H21N3/c1-10-6-4-5-7-15(10)13-8-14(9-13)17-16-11(2)18-19-12(16)3/h4-7,13-14,17H,8-9H2,1-3H3,(H,18,19). The highest BCUT2D eigenvalue weighted by atomic mass is 15.2. The van der Waals surface area contributed by atoms with E-state index in [2.05, 4.69) is 53.6 Å². The van der Waals surface area contributed by atoms with Crippen LogP contribution in [0.4, 0.5) is 5.69 Å². The van der Waals surface area contributed by atoms with Crippen LogP contribution < -0.4 is 5.32 Å². The van der Waals surface area contributed by atoms with Crippen LogP contribution in [0.3, 0.4) is 0 Å². The van der Waals surface area contributed by atoms with Crippen molar-refractivity contribution >= 4 is 5.69 Å². The van der Waals surface area contributed by atoms with Crippen molar-refractivity contribution in [1.82, 2.24) is 10.2 Å². The zero-order chi connectivity index (χ0) is 13.4. The fourth-order valence-corrected chi connectivity index (χ4v) is 3.00. The molecule has 0 amide bonds. The number of hydrogen-bond acceptors (Lipinski definition) is 2. The van der Waals surface area contributed by atoms with Crippen molar-refractivity contribution in [2.24, 2.45) is 0 Å². The second-order valence-corrected chi connectivity index (χ2v) is 5.68. The van der Waals surface area contributed by atoms with E-state index in [0.29, 0.717) is 12.0 Å². The van der Waals surface area contributed by atoms with E-state index in [9.17, 15) is 0 Å². The van der Waals surface area contributed by atoms with Gasteiger partial charge in [-0.25, -0.2) is 0 Å². The minimum atomic E-state index is 0.583. The Morgan fingerprint density at radius 3 is 2.53 bits per heavy atom. The van der Waals surface area contributed by atoms with Gasteiger partial charge in [0.2, 0.25) is 0 Å². The Morgan fingerprint density at radius 2 is 1.89 bits per heavy atom. The van der Waals surface area contributed by atoms with Gasteiger partial charge in [-0.2, -0.15) is 5.10 Å². The van der Waals surface area contributed by atoms with E-state index >= 15 is 0 Å². The lowest BCUT2D eigenvalue weighted by atomic mass is 9.74. The Labute approximate surface area is 114 Å². The summed E-state index contributed by atoms with van der Waals surface area (Å²) in [4.78, 5) is 0. The van der Waals surface area contributed by atoms with Gasteiger partial charge in [-0.15, -0.1) is 0 Å². The predicted octanol–water partition coefficient (Wildman–Crippen LogP) is 3.69. The molecule has 1 saturated carbocycles. The third-order valence-corrected chi connectivity index (χ3v) is 4.24. The second-order valence-electron chi connectivity index (χ2n) is 5.68. The highest BCUT2D eigenvalue weighted by molar-refractivity contribution is 5.52. The molecule has 0 spiro atoms. The Kier molecular flexibility index (Phi) is 3.05. The summed E-state index contributed by atoms with van der Waals surface area (Å²) in [6, 6.07) is 9.32. The molecule has 1 heterocycles. The van der Waals surface area contributed by atoms with Crippen LogP contribution in [0.2, 0.25) is 0 Å². The normalized spacial score (nSPS) is 22.1. The van der Waals surface area contributed by atoms with Gasteiger partial charge in [-0.3, -0.25) is 5.10 Å². The molecular weight excluding hydrogens is 234 g/mol.